The zero-order chi connectivity index (χ0) is 17.4. The summed E-state index contributed by atoms with van der Waals surface area (Å²) in [4.78, 5) is 4.61. The summed E-state index contributed by atoms with van der Waals surface area (Å²) in [6.07, 6.45) is 0. The van der Waals surface area contributed by atoms with Gasteiger partial charge in [-0.25, -0.2) is 4.99 Å². The van der Waals surface area contributed by atoms with Gasteiger partial charge in [0.05, 0.1) is 18.2 Å². The molecule has 0 aromatic heterocycles. The summed E-state index contributed by atoms with van der Waals surface area (Å²) in [5.74, 6) is 0.793. The summed E-state index contributed by atoms with van der Waals surface area (Å²) in [7, 11) is 0. The van der Waals surface area contributed by atoms with E-state index >= 15 is 0 Å². The smallest absolute Gasteiger partial charge is 0.191 e. The number of hydrogen-bond acceptors (Lipinski definition) is 2. The maximum Gasteiger partial charge on any atom is 0.191 e. The number of aliphatic imine (C=N–C) groups is 1. The van der Waals surface area contributed by atoms with Gasteiger partial charge in [0, 0.05) is 13.1 Å². The molecule has 0 aliphatic carbocycles. The van der Waals surface area contributed by atoms with E-state index in [1.165, 1.54) is 16.7 Å². The van der Waals surface area contributed by atoms with E-state index in [2.05, 4.69) is 60.7 Å². The lowest BCUT2D eigenvalue weighted by Gasteiger charge is -2.13. The van der Waals surface area contributed by atoms with Crippen LogP contribution in [0.4, 0.5) is 0 Å². The third-order valence-electron chi connectivity index (χ3n) is 3.79. The standard InChI is InChI=1S/C20H24N4/c1-4-22-20(23-13-18-8-6-17(12-21)7-9-18)24-14-19-10-5-15(2)11-16(19)3/h5-11H,4,13-14H2,1-3H3,(H2,22,23,24). The van der Waals surface area contributed by atoms with Gasteiger partial charge in [-0.15, -0.1) is 0 Å². The van der Waals surface area contributed by atoms with Gasteiger partial charge >= 0.3 is 0 Å². The number of hydrogen-bond donors (Lipinski definition) is 2. The van der Waals surface area contributed by atoms with Gasteiger partial charge in [0.1, 0.15) is 0 Å². The molecule has 0 atom stereocenters. The molecule has 0 aliphatic rings. The third kappa shape index (κ3) is 5.13. The summed E-state index contributed by atoms with van der Waals surface area (Å²) in [5, 5.41) is 15.5. The predicted octanol–water partition coefficient (Wildman–Crippen LogP) is 3.43. The SMILES string of the molecule is CCNC(=NCc1ccc(C#N)cc1)NCc1ccc(C)cc1C. The van der Waals surface area contributed by atoms with Crippen molar-refractivity contribution in [2.24, 2.45) is 4.99 Å². The van der Waals surface area contributed by atoms with Crippen LogP contribution in [0, 0.1) is 25.2 Å². The van der Waals surface area contributed by atoms with Crippen LogP contribution < -0.4 is 10.6 Å². The van der Waals surface area contributed by atoms with Crippen LogP contribution in [0.15, 0.2) is 47.5 Å². The average molecular weight is 320 g/mol. The number of benzene rings is 2. The maximum atomic E-state index is 8.84. The number of nitrogens with zero attached hydrogens (tertiary/aromatic N) is 2. The normalized spacial score (nSPS) is 11.0. The van der Waals surface area contributed by atoms with Crippen molar-refractivity contribution in [2.45, 2.75) is 33.9 Å². The van der Waals surface area contributed by atoms with E-state index in [4.69, 9.17) is 5.26 Å². The van der Waals surface area contributed by atoms with Crippen LogP contribution in [-0.2, 0) is 13.1 Å². The van der Waals surface area contributed by atoms with Crippen molar-refractivity contribution in [3.63, 3.8) is 0 Å². The van der Waals surface area contributed by atoms with Crippen LogP contribution in [0.3, 0.4) is 0 Å². The number of rotatable bonds is 5. The minimum absolute atomic E-state index is 0.577. The molecule has 2 N–H and O–H groups in total. The highest BCUT2D eigenvalue weighted by Crippen LogP contribution is 2.10. The molecule has 0 saturated carbocycles. The van der Waals surface area contributed by atoms with Gasteiger partial charge in [-0.1, -0.05) is 35.9 Å². The van der Waals surface area contributed by atoms with E-state index in [1.807, 2.05) is 24.3 Å². The van der Waals surface area contributed by atoms with Crippen LogP contribution in [0.2, 0.25) is 0 Å². The molecule has 24 heavy (non-hydrogen) atoms. The molecule has 0 heterocycles. The van der Waals surface area contributed by atoms with Crippen LogP contribution >= 0.6 is 0 Å². The first-order valence-electron chi connectivity index (χ1n) is 8.19. The highest BCUT2D eigenvalue weighted by atomic mass is 15.2. The summed E-state index contributed by atoms with van der Waals surface area (Å²) in [5.41, 5.74) is 5.58. The van der Waals surface area contributed by atoms with Crippen molar-refractivity contribution in [1.82, 2.24) is 10.6 Å². The molecule has 0 radical (unpaired) electrons. The summed E-state index contributed by atoms with van der Waals surface area (Å²) in [6, 6.07) is 16.1. The van der Waals surface area contributed by atoms with E-state index in [9.17, 15) is 0 Å². The Morgan fingerprint density at radius 1 is 1.08 bits per heavy atom. The predicted molar refractivity (Wildman–Crippen MR) is 98.7 cm³/mol. The quantitative estimate of drug-likeness (QED) is 0.655. The van der Waals surface area contributed by atoms with E-state index in [-0.39, 0.29) is 0 Å². The maximum absolute atomic E-state index is 8.84. The lowest BCUT2D eigenvalue weighted by atomic mass is 10.1. The highest BCUT2D eigenvalue weighted by molar-refractivity contribution is 5.79. The van der Waals surface area contributed by atoms with Crippen LogP contribution in [0.25, 0.3) is 0 Å². The van der Waals surface area contributed by atoms with E-state index in [0.29, 0.717) is 12.1 Å². The monoisotopic (exact) mass is 320 g/mol. The Morgan fingerprint density at radius 2 is 1.83 bits per heavy atom. The van der Waals surface area contributed by atoms with Crippen LogP contribution in [0.1, 0.15) is 34.7 Å². The van der Waals surface area contributed by atoms with Crippen molar-refractivity contribution in [3.05, 3.63) is 70.3 Å². The summed E-state index contributed by atoms with van der Waals surface area (Å²) < 4.78 is 0. The van der Waals surface area contributed by atoms with Crippen molar-refractivity contribution in [2.75, 3.05) is 6.54 Å². The molecule has 2 aromatic rings. The molecule has 0 unspecified atom stereocenters. The molecule has 0 spiro atoms. The largest absolute Gasteiger partial charge is 0.357 e. The Morgan fingerprint density at radius 3 is 2.46 bits per heavy atom. The molecule has 2 rings (SSSR count). The molecule has 0 saturated heterocycles. The summed E-state index contributed by atoms with van der Waals surface area (Å²) in [6.45, 7) is 8.42. The van der Waals surface area contributed by atoms with Gasteiger partial charge in [0.25, 0.3) is 0 Å². The van der Waals surface area contributed by atoms with Gasteiger partial charge in [-0.2, -0.15) is 5.26 Å². The fourth-order valence-electron chi connectivity index (χ4n) is 2.42. The highest BCUT2D eigenvalue weighted by Gasteiger charge is 2.02. The second-order valence-corrected chi connectivity index (χ2v) is 5.79. The molecular formula is C20H24N4. The van der Waals surface area contributed by atoms with Gasteiger partial charge in [-0.05, 0) is 49.6 Å². The van der Waals surface area contributed by atoms with Crippen LogP contribution in [0.5, 0.6) is 0 Å². The minimum Gasteiger partial charge on any atom is -0.357 e. The Labute approximate surface area is 144 Å². The Kier molecular flexibility index (Phi) is 6.39. The molecule has 4 heteroatoms. The fourth-order valence-corrected chi connectivity index (χ4v) is 2.42. The molecule has 124 valence electrons. The van der Waals surface area contributed by atoms with Gasteiger partial charge in [0.15, 0.2) is 5.96 Å². The second kappa shape index (κ2) is 8.73. The zero-order valence-electron chi connectivity index (χ0n) is 14.6. The van der Waals surface area contributed by atoms with E-state index < -0.39 is 0 Å². The molecule has 0 amide bonds. The number of nitriles is 1. The zero-order valence-corrected chi connectivity index (χ0v) is 14.6. The summed E-state index contributed by atoms with van der Waals surface area (Å²) >= 11 is 0. The number of nitrogens with one attached hydrogen (secondary N) is 2. The van der Waals surface area contributed by atoms with Crippen molar-refractivity contribution < 1.29 is 0 Å². The molecule has 4 nitrogen and oxygen atoms in total. The minimum atomic E-state index is 0.577. The molecule has 0 aliphatic heterocycles. The number of guanidine groups is 1. The second-order valence-electron chi connectivity index (χ2n) is 5.79. The Bertz CT molecular complexity index is 739. The van der Waals surface area contributed by atoms with Gasteiger partial charge in [-0.3, -0.25) is 0 Å². The number of aryl methyl sites for hydroxylation is 2. The topological polar surface area (TPSA) is 60.2 Å². The molecule has 0 bridgehead atoms. The first-order chi connectivity index (χ1) is 11.6. The lowest BCUT2D eigenvalue weighted by Crippen LogP contribution is -2.36. The third-order valence-corrected chi connectivity index (χ3v) is 3.79. The Balaban J connectivity index is 2.00. The van der Waals surface area contributed by atoms with Crippen molar-refractivity contribution in [3.8, 4) is 6.07 Å². The van der Waals surface area contributed by atoms with Gasteiger partial charge < -0.3 is 10.6 Å². The first kappa shape index (κ1) is 17.6. The molecule has 2 aromatic carbocycles. The molecule has 0 fully saturated rings. The van der Waals surface area contributed by atoms with Crippen molar-refractivity contribution >= 4 is 5.96 Å². The Hall–Kier alpha value is -2.80. The lowest BCUT2D eigenvalue weighted by molar-refractivity contribution is 0.812. The van der Waals surface area contributed by atoms with E-state index in [1.54, 1.807) is 0 Å². The van der Waals surface area contributed by atoms with Crippen LogP contribution in [-0.4, -0.2) is 12.5 Å². The fraction of sp³-hybridized carbons (Fsp3) is 0.300. The van der Waals surface area contributed by atoms with E-state index in [0.717, 1.165) is 24.6 Å². The van der Waals surface area contributed by atoms with Crippen molar-refractivity contribution in [1.29, 1.82) is 5.26 Å². The van der Waals surface area contributed by atoms with Gasteiger partial charge in [0.2, 0.25) is 0 Å². The molecular weight excluding hydrogens is 296 g/mol. The average Bonchev–Trinajstić information content (AvgIpc) is 2.59. The first-order valence-corrected chi connectivity index (χ1v) is 8.19.